The van der Waals surface area contributed by atoms with Gasteiger partial charge in [-0.25, -0.2) is 0 Å². The molecule has 4 nitrogen and oxygen atoms in total. The Kier molecular flexibility index (Phi) is 3.73. The zero-order valence-corrected chi connectivity index (χ0v) is 8.04. The summed E-state index contributed by atoms with van der Waals surface area (Å²) in [5.41, 5.74) is 4.95. The van der Waals surface area contributed by atoms with Crippen molar-refractivity contribution in [1.29, 1.82) is 0 Å². The summed E-state index contributed by atoms with van der Waals surface area (Å²) in [5, 5.41) is 2.19. The van der Waals surface area contributed by atoms with Gasteiger partial charge in [-0.15, -0.1) is 13.2 Å². The van der Waals surface area contributed by atoms with E-state index in [4.69, 9.17) is 5.73 Å². The van der Waals surface area contributed by atoms with Gasteiger partial charge < -0.3 is 15.8 Å². The number of alkyl halides is 3. The van der Waals surface area contributed by atoms with Crippen LogP contribution in [0.25, 0.3) is 0 Å². The number of amides is 1. The molecule has 0 saturated heterocycles. The lowest BCUT2D eigenvalue weighted by atomic mass is 10.3. The van der Waals surface area contributed by atoms with Gasteiger partial charge in [0.2, 0.25) is 5.91 Å². The minimum absolute atomic E-state index is 0.0738. The lowest BCUT2D eigenvalue weighted by Gasteiger charge is -2.13. The Labute approximate surface area is 89.2 Å². The smallest absolute Gasteiger partial charge is 0.404 e. The monoisotopic (exact) mass is 234 g/mol. The Morgan fingerprint density at radius 2 is 2.00 bits per heavy atom. The molecule has 16 heavy (non-hydrogen) atoms. The number of carbonyl (C=O) groups excluding carboxylic acids is 1. The van der Waals surface area contributed by atoms with Crippen LogP contribution >= 0.6 is 0 Å². The van der Waals surface area contributed by atoms with Crippen LogP contribution in [0.4, 0.5) is 18.9 Å². The third kappa shape index (κ3) is 3.77. The molecule has 7 heteroatoms. The molecule has 1 aromatic carbocycles. The highest BCUT2D eigenvalue weighted by atomic mass is 19.4. The van der Waals surface area contributed by atoms with Gasteiger partial charge in [-0.05, 0) is 12.1 Å². The summed E-state index contributed by atoms with van der Waals surface area (Å²) in [5.74, 6) is -1.07. The highest BCUT2D eigenvalue weighted by molar-refractivity contribution is 5.93. The van der Waals surface area contributed by atoms with E-state index in [9.17, 15) is 18.0 Å². The number of nitrogens with two attached hydrogens (primary N) is 1. The second kappa shape index (κ2) is 4.84. The highest BCUT2D eigenvalue weighted by Crippen LogP contribution is 2.29. The molecule has 3 N–H and O–H groups in total. The van der Waals surface area contributed by atoms with Gasteiger partial charge in [0, 0.05) is 0 Å². The summed E-state index contributed by atoms with van der Waals surface area (Å²) in [6, 6.07) is 5.21. The van der Waals surface area contributed by atoms with Crippen LogP contribution in [0.1, 0.15) is 0 Å². The Morgan fingerprint density at radius 3 is 2.56 bits per heavy atom. The zero-order valence-electron chi connectivity index (χ0n) is 8.04. The molecule has 0 radical (unpaired) electrons. The van der Waals surface area contributed by atoms with E-state index in [0.29, 0.717) is 0 Å². The maximum absolute atomic E-state index is 12.0. The van der Waals surface area contributed by atoms with E-state index >= 15 is 0 Å². The minimum atomic E-state index is -4.80. The molecule has 0 bridgehead atoms. The number of para-hydroxylation sites is 2. The van der Waals surface area contributed by atoms with Gasteiger partial charge in [0.1, 0.15) is 0 Å². The molecule has 0 aromatic heterocycles. The van der Waals surface area contributed by atoms with Gasteiger partial charge in [-0.2, -0.15) is 0 Å². The first-order valence-electron chi connectivity index (χ1n) is 4.27. The summed E-state index contributed by atoms with van der Waals surface area (Å²) in [6.07, 6.45) is -4.80. The summed E-state index contributed by atoms with van der Waals surface area (Å²) >= 11 is 0. The number of rotatable bonds is 3. The molecule has 1 amide bonds. The van der Waals surface area contributed by atoms with E-state index in [2.05, 4.69) is 10.1 Å². The van der Waals surface area contributed by atoms with E-state index in [1.807, 2.05) is 0 Å². The van der Waals surface area contributed by atoms with Gasteiger partial charge in [-0.3, -0.25) is 4.79 Å². The molecular formula is C9H9F3N2O2. The van der Waals surface area contributed by atoms with Gasteiger partial charge in [0.05, 0.1) is 12.2 Å². The lowest BCUT2D eigenvalue weighted by molar-refractivity contribution is -0.274. The van der Waals surface area contributed by atoms with Crippen molar-refractivity contribution in [1.82, 2.24) is 0 Å². The number of hydrogen-bond acceptors (Lipinski definition) is 3. The fourth-order valence-corrected chi connectivity index (χ4v) is 0.985. The quantitative estimate of drug-likeness (QED) is 0.832. The first-order valence-corrected chi connectivity index (χ1v) is 4.27. The van der Waals surface area contributed by atoms with Crippen LogP contribution in [0, 0.1) is 0 Å². The third-order valence-corrected chi connectivity index (χ3v) is 1.57. The van der Waals surface area contributed by atoms with Crippen molar-refractivity contribution in [3.8, 4) is 5.75 Å². The normalized spacial score (nSPS) is 11.0. The van der Waals surface area contributed by atoms with Crippen molar-refractivity contribution in [2.45, 2.75) is 6.36 Å². The average Bonchev–Trinajstić information content (AvgIpc) is 2.18. The molecule has 0 aliphatic heterocycles. The molecule has 0 saturated carbocycles. The van der Waals surface area contributed by atoms with Crippen LogP contribution in [0.15, 0.2) is 24.3 Å². The van der Waals surface area contributed by atoms with Crippen LogP contribution in [-0.4, -0.2) is 18.8 Å². The molecule has 1 aromatic rings. The standard InChI is InChI=1S/C9H9F3N2O2/c10-9(11,12)16-7-4-2-1-3-6(7)14-8(15)5-13/h1-4H,5,13H2,(H,14,15). The molecule has 0 unspecified atom stereocenters. The van der Waals surface area contributed by atoms with E-state index < -0.39 is 18.0 Å². The van der Waals surface area contributed by atoms with Crippen molar-refractivity contribution in [3.05, 3.63) is 24.3 Å². The van der Waals surface area contributed by atoms with Gasteiger partial charge in [0.15, 0.2) is 5.75 Å². The Hall–Kier alpha value is -1.76. The maximum Gasteiger partial charge on any atom is 0.573 e. The number of nitrogens with one attached hydrogen (secondary N) is 1. The maximum atomic E-state index is 12.0. The number of carbonyl (C=O) groups is 1. The SMILES string of the molecule is NCC(=O)Nc1ccccc1OC(F)(F)F. The Morgan fingerprint density at radius 1 is 1.38 bits per heavy atom. The van der Waals surface area contributed by atoms with Crippen molar-refractivity contribution in [2.24, 2.45) is 5.73 Å². The molecule has 0 fully saturated rings. The number of hydrogen-bond donors (Lipinski definition) is 2. The summed E-state index contributed by atoms with van der Waals surface area (Å²) in [6.45, 7) is -0.319. The van der Waals surface area contributed by atoms with Crippen molar-refractivity contribution in [3.63, 3.8) is 0 Å². The molecule has 0 heterocycles. The molecule has 1 rings (SSSR count). The summed E-state index contributed by atoms with van der Waals surface area (Å²) in [7, 11) is 0. The van der Waals surface area contributed by atoms with Crippen molar-refractivity contribution in [2.75, 3.05) is 11.9 Å². The minimum Gasteiger partial charge on any atom is -0.404 e. The van der Waals surface area contributed by atoms with Gasteiger partial charge >= 0.3 is 6.36 Å². The number of halogens is 3. The van der Waals surface area contributed by atoms with Gasteiger partial charge in [-0.1, -0.05) is 12.1 Å². The molecule has 0 atom stereocenters. The van der Waals surface area contributed by atoms with Crippen molar-refractivity contribution >= 4 is 11.6 Å². The summed E-state index contributed by atoms with van der Waals surface area (Å²) in [4.78, 5) is 10.9. The Bertz CT molecular complexity index is 379. The van der Waals surface area contributed by atoms with E-state index in [1.54, 1.807) is 0 Å². The molecule has 88 valence electrons. The molecule has 0 aliphatic carbocycles. The Balaban J connectivity index is 2.87. The first kappa shape index (κ1) is 12.3. The van der Waals surface area contributed by atoms with Crippen LogP contribution in [0.2, 0.25) is 0 Å². The van der Waals surface area contributed by atoms with Crippen molar-refractivity contribution < 1.29 is 22.7 Å². The van der Waals surface area contributed by atoms with Crippen LogP contribution < -0.4 is 15.8 Å². The number of benzene rings is 1. The molecule has 0 aliphatic rings. The zero-order chi connectivity index (χ0) is 12.2. The van der Waals surface area contributed by atoms with Crippen LogP contribution in [-0.2, 0) is 4.79 Å². The van der Waals surface area contributed by atoms with Crippen LogP contribution in [0.3, 0.4) is 0 Å². The molecule has 0 spiro atoms. The highest BCUT2D eigenvalue weighted by Gasteiger charge is 2.32. The average molecular weight is 234 g/mol. The van der Waals surface area contributed by atoms with Crippen LogP contribution in [0.5, 0.6) is 5.75 Å². The van der Waals surface area contributed by atoms with E-state index in [-0.39, 0.29) is 12.2 Å². The fourth-order valence-electron chi connectivity index (χ4n) is 0.985. The predicted molar refractivity (Wildman–Crippen MR) is 50.8 cm³/mol. The second-order valence-electron chi connectivity index (χ2n) is 2.80. The summed E-state index contributed by atoms with van der Waals surface area (Å²) < 4.78 is 39.7. The van der Waals surface area contributed by atoms with E-state index in [0.717, 1.165) is 6.07 Å². The number of anilines is 1. The third-order valence-electron chi connectivity index (χ3n) is 1.57. The predicted octanol–water partition coefficient (Wildman–Crippen LogP) is 1.48. The van der Waals surface area contributed by atoms with E-state index in [1.165, 1.54) is 18.2 Å². The first-order chi connectivity index (χ1) is 7.42. The van der Waals surface area contributed by atoms with Gasteiger partial charge in [0.25, 0.3) is 0 Å². The largest absolute Gasteiger partial charge is 0.573 e. The molecular weight excluding hydrogens is 225 g/mol. The number of ether oxygens (including phenoxy) is 1. The lowest BCUT2D eigenvalue weighted by Crippen LogP contribution is -2.23. The topological polar surface area (TPSA) is 64.4 Å². The fraction of sp³-hybridized carbons (Fsp3) is 0.222. The second-order valence-corrected chi connectivity index (χ2v) is 2.80.